The Morgan fingerprint density at radius 1 is 1.18 bits per heavy atom. The summed E-state index contributed by atoms with van der Waals surface area (Å²) in [7, 11) is 0. The van der Waals surface area contributed by atoms with Crippen LogP contribution in [0, 0.1) is 0 Å². The molecule has 0 aliphatic carbocycles. The topological polar surface area (TPSA) is 43.7 Å². The molecule has 2 atom stereocenters. The van der Waals surface area contributed by atoms with E-state index < -0.39 is 6.10 Å². The van der Waals surface area contributed by atoms with Gasteiger partial charge in [0.2, 0.25) is 0 Å². The predicted octanol–water partition coefficient (Wildman–Crippen LogP) is 2.97. The summed E-state index contributed by atoms with van der Waals surface area (Å²) in [5, 5.41) is 20.9. The summed E-state index contributed by atoms with van der Waals surface area (Å²) in [5.41, 5.74) is 3.26. The van der Waals surface area contributed by atoms with Gasteiger partial charge in [0.15, 0.2) is 0 Å². The van der Waals surface area contributed by atoms with Crippen molar-refractivity contribution in [3.63, 3.8) is 0 Å². The summed E-state index contributed by atoms with van der Waals surface area (Å²) in [6.45, 7) is 1.37. The molecule has 0 radical (unpaired) electrons. The lowest BCUT2D eigenvalue weighted by Crippen LogP contribution is -2.39. The fourth-order valence-electron chi connectivity index (χ4n) is 3.18. The van der Waals surface area contributed by atoms with Crippen LogP contribution in [0.25, 0.3) is 0 Å². The third-order valence-corrected chi connectivity index (χ3v) is 4.57. The number of hydrogen-bond donors (Lipinski definition) is 2. The molecule has 1 aliphatic rings. The standard InChI is InChI=1S/C18H20ClNO2/c19-15-6-3-5-14(10-15)18(22)11-20-9-8-13-4-1-2-7-16(13)17(20)12-21/h1-7,10,17-18,21-22H,8-9,11-12H2. The molecule has 1 aliphatic heterocycles. The van der Waals surface area contributed by atoms with E-state index in [4.69, 9.17) is 11.6 Å². The Bertz CT molecular complexity index is 646. The van der Waals surface area contributed by atoms with Crippen LogP contribution in [0.5, 0.6) is 0 Å². The molecule has 3 nitrogen and oxygen atoms in total. The van der Waals surface area contributed by atoms with Crippen molar-refractivity contribution in [3.8, 4) is 0 Å². The van der Waals surface area contributed by atoms with Gasteiger partial charge < -0.3 is 10.2 Å². The summed E-state index contributed by atoms with van der Waals surface area (Å²) < 4.78 is 0. The van der Waals surface area contributed by atoms with Crippen LogP contribution in [-0.2, 0) is 6.42 Å². The smallest absolute Gasteiger partial charge is 0.0917 e. The predicted molar refractivity (Wildman–Crippen MR) is 88.0 cm³/mol. The summed E-state index contributed by atoms with van der Waals surface area (Å²) in [5.74, 6) is 0. The van der Waals surface area contributed by atoms with Gasteiger partial charge in [0.05, 0.1) is 18.8 Å². The molecule has 0 fully saturated rings. The van der Waals surface area contributed by atoms with Crippen LogP contribution >= 0.6 is 11.6 Å². The maximum atomic E-state index is 10.5. The van der Waals surface area contributed by atoms with Gasteiger partial charge in [-0.05, 0) is 35.2 Å². The van der Waals surface area contributed by atoms with Crippen molar-refractivity contribution in [3.05, 3.63) is 70.2 Å². The van der Waals surface area contributed by atoms with Crippen molar-refractivity contribution in [2.24, 2.45) is 0 Å². The minimum atomic E-state index is -0.613. The van der Waals surface area contributed by atoms with E-state index in [2.05, 4.69) is 17.0 Å². The van der Waals surface area contributed by atoms with Crippen LogP contribution in [0.15, 0.2) is 48.5 Å². The number of aliphatic hydroxyl groups is 2. The van der Waals surface area contributed by atoms with Gasteiger partial charge in [-0.15, -0.1) is 0 Å². The van der Waals surface area contributed by atoms with Gasteiger partial charge in [-0.2, -0.15) is 0 Å². The highest BCUT2D eigenvalue weighted by Gasteiger charge is 2.28. The number of hydrogen-bond acceptors (Lipinski definition) is 3. The van der Waals surface area contributed by atoms with Crippen LogP contribution in [-0.4, -0.2) is 34.8 Å². The Kier molecular flexibility index (Phi) is 4.79. The van der Waals surface area contributed by atoms with Crippen LogP contribution in [0.1, 0.15) is 28.8 Å². The Morgan fingerprint density at radius 2 is 2.00 bits per heavy atom. The first-order valence-electron chi connectivity index (χ1n) is 7.55. The van der Waals surface area contributed by atoms with Gasteiger partial charge >= 0.3 is 0 Å². The molecule has 0 amide bonds. The average molecular weight is 318 g/mol. The van der Waals surface area contributed by atoms with Crippen molar-refractivity contribution in [2.45, 2.75) is 18.6 Å². The van der Waals surface area contributed by atoms with Gasteiger partial charge in [-0.1, -0.05) is 48.0 Å². The minimum Gasteiger partial charge on any atom is -0.394 e. The van der Waals surface area contributed by atoms with Crippen LogP contribution in [0.3, 0.4) is 0 Å². The van der Waals surface area contributed by atoms with E-state index in [9.17, 15) is 10.2 Å². The van der Waals surface area contributed by atoms with Crippen molar-refractivity contribution < 1.29 is 10.2 Å². The van der Waals surface area contributed by atoms with E-state index in [1.165, 1.54) is 5.56 Å². The molecule has 2 unspecified atom stereocenters. The Labute approximate surface area is 135 Å². The first kappa shape index (κ1) is 15.5. The Hall–Kier alpha value is -1.39. The van der Waals surface area contributed by atoms with Crippen molar-refractivity contribution in [1.82, 2.24) is 4.90 Å². The van der Waals surface area contributed by atoms with Crippen LogP contribution in [0.2, 0.25) is 5.02 Å². The summed E-state index contributed by atoms with van der Waals surface area (Å²) in [4.78, 5) is 2.15. The fraction of sp³-hybridized carbons (Fsp3) is 0.333. The number of rotatable bonds is 4. The second-order valence-electron chi connectivity index (χ2n) is 5.71. The lowest BCUT2D eigenvalue weighted by molar-refractivity contribution is 0.0561. The monoisotopic (exact) mass is 317 g/mol. The second-order valence-corrected chi connectivity index (χ2v) is 6.15. The van der Waals surface area contributed by atoms with Crippen molar-refractivity contribution in [1.29, 1.82) is 0 Å². The number of nitrogens with zero attached hydrogens (tertiary/aromatic N) is 1. The third-order valence-electron chi connectivity index (χ3n) is 4.34. The molecule has 0 spiro atoms. The van der Waals surface area contributed by atoms with E-state index >= 15 is 0 Å². The summed E-state index contributed by atoms with van der Waals surface area (Å²) in [6, 6.07) is 15.5. The molecule has 2 aromatic carbocycles. The number of fused-ring (bicyclic) bond motifs is 1. The molecule has 2 N–H and O–H groups in total. The molecule has 3 rings (SSSR count). The van der Waals surface area contributed by atoms with Gasteiger partial charge in [-0.3, -0.25) is 4.90 Å². The van der Waals surface area contributed by atoms with E-state index in [1.807, 2.05) is 24.3 Å². The molecular weight excluding hydrogens is 298 g/mol. The molecule has 0 saturated heterocycles. The summed E-state index contributed by atoms with van der Waals surface area (Å²) in [6.07, 6.45) is 0.326. The maximum Gasteiger partial charge on any atom is 0.0917 e. The average Bonchev–Trinajstić information content (AvgIpc) is 2.54. The zero-order valence-electron chi connectivity index (χ0n) is 12.3. The minimum absolute atomic E-state index is 0.0548. The quantitative estimate of drug-likeness (QED) is 0.911. The number of benzene rings is 2. The molecule has 4 heteroatoms. The Balaban J connectivity index is 1.78. The highest BCUT2D eigenvalue weighted by molar-refractivity contribution is 6.30. The molecule has 1 heterocycles. The molecule has 116 valence electrons. The van der Waals surface area contributed by atoms with Crippen LogP contribution < -0.4 is 0 Å². The summed E-state index contributed by atoms with van der Waals surface area (Å²) >= 11 is 5.99. The molecular formula is C18H20ClNO2. The third kappa shape index (κ3) is 3.18. The molecule has 22 heavy (non-hydrogen) atoms. The number of aliphatic hydroxyl groups excluding tert-OH is 2. The SMILES string of the molecule is OCC1c2ccccc2CCN1CC(O)c1cccc(Cl)c1. The Morgan fingerprint density at radius 3 is 2.77 bits per heavy atom. The lowest BCUT2D eigenvalue weighted by Gasteiger charge is -2.37. The lowest BCUT2D eigenvalue weighted by atomic mass is 9.92. The molecule has 2 aromatic rings. The highest BCUT2D eigenvalue weighted by atomic mass is 35.5. The fourth-order valence-corrected chi connectivity index (χ4v) is 3.38. The zero-order valence-corrected chi connectivity index (χ0v) is 13.1. The first-order valence-corrected chi connectivity index (χ1v) is 7.93. The van der Waals surface area contributed by atoms with Gasteiger partial charge in [-0.25, -0.2) is 0 Å². The normalized spacial score (nSPS) is 19.7. The number of β-amino-alcohol motifs (C(OH)–C–C–N with tert-alkyl or cyclic N) is 1. The van der Waals surface area contributed by atoms with Gasteiger partial charge in [0.25, 0.3) is 0 Å². The van der Waals surface area contributed by atoms with Gasteiger partial charge in [0, 0.05) is 18.1 Å². The van der Waals surface area contributed by atoms with Crippen molar-refractivity contribution in [2.75, 3.05) is 19.7 Å². The van der Waals surface area contributed by atoms with E-state index in [0.717, 1.165) is 24.1 Å². The van der Waals surface area contributed by atoms with E-state index in [0.29, 0.717) is 11.6 Å². The molecule has 0 aromatic heterocycles. The van der Waals surface area contributed by atoms with E-state index in [1.54, 1.807) is 12.1 Å². The number of halogens is 1. The van der Waals surface area contributed by atoms with E-state index in [-0.39, 0.29) is 12.6 Å². The first-order chi connectivity index (χ1) is 10.7. The largest absolute Gasteiger partial charge is 0.394 e. The second kappa shape index (κ2) is 6.80. The highest BCUT2D eigenvalue weighted by Crippen LogP contribution is 2.31. The van der Waals surface area contributed by atoms with Gasteiger partial charge in [0.1, 0.15) is 0 Å². The molecule has 0 bridgehead atoms. The van der Waals surface area contributed by atoms with Crippen molar-refractivity contribution >= 4 is 11.6 Å². The van der Waals surface area contributed by atoms with Crippen LogP contribution in [0.4, 0.5) is 0 Å². The molecule has 0 saturated carbocycles. The zero-order chi connectivity index (χ0) is 15.5. The maximum absolute atomic E-state index is 10.5.